The highest BCUT2D eigenvalue weighted by Gasteiger charge is 2.32. The molecule has 20 heavy (non-hydrogen) atoms. The molecule has 0 aliphatic rings. The van der Waals surface area contributed by atoms with Crippen LogP contribution in [0.2, 0.25) is 0 Å². The molecule has 0 unspecified atom stereocenters. The van der Waals surface area contributed by atoms with E-state index in [9.17, 15) is 4.57 Å². The van der Waals surface area contributed by atoms with Crippen molar-refractivity contribution in [1.82, 2.24) is 0 Å². The average molecular weight is 284 g/mol. The lowest BCUT2D eigenvalue weighted by Gasteiger charge is -2.24. The van der Waals surface area contributed by atoms with Crippen LogP contribution in [0.15, 0.2) is 60.4 Å². The summed E-state index contributed by atoms with van der Waals surface area (Å²) in [5.41, 5.74) is 2.13. The van der Waals surface area contributed by atoms with Crippen LogP contribution in [0, 0.1) is 13.8 Å². The van der Waals surface area contributed by atoms with E-state index in [0.29, 0.717) is 0 Å². The first-order chi connectivity index (χ1) is 9.51. The third-order valence-corrected chi connectivity index (χ3v) is 7.33. The van der Waals surface area contributed by atoms with Gasteiger partial charge >= 0.3 is 0 Å². The van der Waals surface area contributed by atoms with Crippen molar-refractivity contribution in [1.29, 1.82) is 0 Å². The minimum absolute atomic E-state index is 0.722. The van der Waals surface area contributed by atoms with Crippen molar-refractivity contribution in [3.8, 4) is 0 Å². The van der Waals surface area contributed by atoms with Crippen LogP contribution in [0.5, 0.6) is 0 Å². The summed E-state index contributed by atoms with van der Waals surface area (Å²) >= 11 is 0. The molecular weight excluding hydrogens is 263 g/mol. The van der Waals surface area contributed by atoms with Gasteiger partial charge in [0, 0.05) is 10.6 Å². The number of hydrogen-bond donors (Lipinski definition) is 0. The third-order valence-electron chi connectivity index (χ3n) is 3.76. The van der Waals surface area contributed by atoms with E-state index in [2.05, 4.69) is 6.58 Å². The first-order valence-electron chi connectivity index (χ1n) is 6.92. The molecule has 2 rings (SSSR count). The summed E-state index contributed by atoms with van der Waals surface area (Å²) in [5, 5.41) is 2.66. The number of aryl methyl sites for hydroxylation is 2. The molecule has 0 fully saturated rings. The lowest BCUT2D eigenvalue weighted by Crippen LogP contribution is -2.21. The third kappa shape index (κ3) is 2.39. The predicted molar refractivity (Wildman–Crippen MR) is 88.7 cm³/mol. The van der Waals surface area contributed by atoms with E-state index < -0.39 is 7.14 Å². The molecule has 2 heteroatoms. The Bertz CT molecular complexity index is 636. The van der Waals surface area contributed by atoms with Crippen molar-refractivity contribution < 1.29 is 4.57 Å². The molecule has 0 saturated carbocycles. The number of benzene rings is 2. The topological polar surface area (TPSA) is 17.1 Å². The highest BCUT2D eigenvalue weighted by Crippen LogP contribution is 2.53. The van der Waals surface area contributed by atoms with E-state index in [1.165, 1.54) is 0 Å². The Balaban J connectivity index is 2.78. The molecule has 0 spiro atoms. The van der Waals surface area contributed by atoms with Crippen LogP contribution < -0.4 is 10.6 Å². The fourth-order valence-electron chi connectivity index (χ4n) is 2.53. The molecule has 0 aliphatic heterocycles. The van der Waals surface area contributed by atoms with Gasteiger partial charge < -0.3 is 4.57 Å². The monoisotopic (exact) mass is 284 g/mol. The second-order valence-electron chi connectivity index (χ2n) is 5.10. The summed E-state index contributed by atoms with van der Waals surface area (Å²) in [6.07, 6.45) is 0.722. The maximum absolute atomic E-state index is 13.9. The smallest absolute Gasteiger partial charge is 0.167 e. The molecule has 0 aromatic heterocycles. The van der Waals surface area contributed by atoms with Gasteiger partial charge in [0.15, 0.2) is 7.14 Å². The lowest BCUT2D eigenvalue weighted by molar-refractivity contribution is 0.589. The second-order valence-corrected chi connectivity index (χ2v) is 7.92. The van der Waals surface area contributed by atoms with Crippen molar-refractivity contribution in [2.75, 3.05) is 0 Å². The SMILES string of the molecule is C=C(CC)P(=O)(c1ccccc1C)c1ccccc1C. The first-order valence-corrected chi connectivity index (χ1v) is 8.63. The molecule has 0 bridgehead atoms. The number of allylic oxidation sites excluding steroid dienone is 1. The lowest BCUT2D eigenvalue weighted by atomic mass is 10.2. The normalized spacial score (nSPS) is 11.3. The van der Waals surface area contributed by atoms with Gasteiger partial charge in [-0.2, -0.15) is 0 Å². The molecule has 0 saturated heterocycles. The molecule has 0 amide bonds. The molecule has 1 nitrogen and oxygen atoms in total. The van der Waals surface area contributed by atoms with E-state index in [1.807, 2.05) is 69.3 Å². The quantitative estimate of drug-likeness (QED) is 0.753. The molecule has 0 aliphatic carbocycles. The zero-order valence-corrected chi connectivity index (χ0v) is 13.3. The summed E-state index contributed by atoms with van der Waals surface area (Å²) in [4.78, 5) is 0. The Kier molecular flexibility index (Phi) is 4.30. The molecule has 0 N–H and O–H groups in total. The summed E-state index contributed by atoms with van der Waals surface area (Å²) in [6.45, 7) is 10.2. The Morgan fingerprint density at radius 3 is 1.70 bits per heavy atom. The van der Waals surface area contributed by atoms with Crippen molar-refractivity contribution in [3.05, 3.63) is 71.6 Å². The fourth-order valence-corrected chi connectivity index (χ4v) is 5.65. The Morgan fingerprint density at radius 1 is 0.950 bits per heavy atom. The van der Waals surface area contributed by atoms with Crippen LogP contribution >= 0.6 is 7.14 Å². The minimum atomic E-state index is -2.78. The first kappa shape index (κ1) is 14.8. The van der Waals surface area contributed by atoms with Gasteiger partial charge in [-0.15, -0.1) is 0 Å². The highest BCUT2D eigenvalue weighted by molar-refractivity contribution is 7.82. The maximum Gasteiger partial charge on any atom is 0.167 e. The second kappa shape index (κ2) is 5.81. The average Bonchev–Trinajstić information content (AvgIpc) is 2.46. The molecular formula is C18H21OP. The maximum atomic E-state index is 13.9. The Hall–Kier alpha value is -1.59. The van der Waals surface area contributed by atoms with Gasteiger partial charge in [0.2, 0.25) is 0 Å². The van der Waals surface area contributed by atoms with E-state index >= 15 is 0 Å². The van der Waals surface area contributed by atoms with E-state index in [0.717, 1.165) is 33.5 Å². The van der Waals surface area contributed by atoms with Crippen molar-refractivity contribution in [3.63, 3.8) is 0 Å². The molecule has 2 aromatic carbocycles. The van der Waals surface area contributed by atoms with Crippen molar-refractivity contribution in [2.45, 2.75) is 27.2 Å². The van der Waals surface area contributed by atoms with Gasteiger partial charge in [0.05, 0.1) is 0 Å². The number of hydrogen-bond acceptors (Lipinski definition) is 1. The van der Waals surface area contributed by atoms with Crippen LogP contribution in [0.4, 0.5) is 0 Å². The molecule has 0 heterocycles. The summed E-state index contributed by atoms with van der Waals surface area (Å²) < 4.78 is 13.9. The molecule has 2 aromatic rings. The van der Waals surface area contributed by atoms with Crippen LogP contribution in [0.3, 0.4) is 0 Å². The fraction of sp³-hybridized carbons (Fsp3) is 0.222. The largest absolute Gasteiger partial charge is 0.309 e. The minimum Gasteiger partial charge on any atom is -0.309 e. The predicted octanol–water partition coefficient (Wildman–Crippen LogP) is 4.54. The van der Waals surface area contributed by atoms with Crippen LogP contribution in [0.1, 0.15) is 24.5 Å². The van der Waals surface area contributed by atoms with Gasteiger partial charge in [0.1, 0.15) is 0 Å². The van der Waals surface area contributed by atoms with Crippen molar-refractivity contribution >= 4 is 17.8 Å². The molecule has 104 valence electrons. The van der Waals surface area contributed by atoms with Gasteiger partial charge in [0.25, 0.3) is 0 Å². The Labute approximate surface area is 121 Å². The van der Waals surface area contributed by atoms with E-state index in [1.54, 1.807) is 0 Å². The summed E-state index contributed by atoms with van der Waals surface area (Å²) in [6, 6.07) is 15.9. The van der Waals surface area contributed by atoms with E-state index in [-0.39, 0.29) is 0 Å². The number of rotatable bonds is 4. The summed E-state index contributed by atoms with van der Waals surface area (Å²) in [7, 11) is -2.78. The van der Waals surface area contributed by atoms with Gasteiger partial charge in [-0.3, -0.25) is 0 Å². The van der Waals surface area contributed by atoms with Crippen molar-refractivity contribution in [2.24, 2.45) is 0 Å². The van der Waals surface area contributed by atoms with Crippen LogP contribution in [0.25, 0.3) is 0 Å². The van der Waals surface area contributed by atoms with Gasteiger partial charge in [-0.1, -0.05) is 62.0 Å². The van der Waals surface area contributed by atoms with Crippen LogP contribution in [-0.4, -0.2) is 0 Å². The van der Waals surface area contributed by atoms with E-state index in [4.69, 9.17) is 0 Å². The van der Waals surface area contributed by atoms with Gasteiger partial charge in [-0.25, -0.2) is 0 Å². The molecule has 0 radical (unpaired) electrons. The van der Waals surface area contributed by atoms with Gasteiger partial charge in [-0.05, 0) is 36.7 Å². The standard InChI is InChI=1S/C18H21OP/c1-5-16(4)20(19,17-12-8-6-10-14(17)2)18-13-9-7-11-15(18)3/h6-13H,4-5H2,1-3H3. The zero-order valence-electron chi connectivity index (χ0n) is 12.4. The highest BCUT2D eigenvalue weighted by atomic mass is 31.2. The zero-order chi connectivity index (χ0) is 14.8. The molecule has 0 atom stereocenters. The Morgan fingerprint density at radius 2 is 1.35 bits per heavy atom. The van der Waals surface area contributed by atoms with Crippen LogP contribution in [-0.2, 0) is 4.57 Å². The summed E-state index contributed by atoms with van der Waals surface area (Å²) in [5.74, 6) is 0.